The van der Waals surface area contributed by atoms with Gasteiger partial charge in [-0.1, -0.05) is 0 Å². The fraction of sp³-hybridized carbons (Fsp3) is 0.400. The number of fused-ring (bicyclic) bond motifs is 6. The first-order chi connectivity index (χ1) is 28.5. The van der Waals surface area contributed by atoms with Crippen molar-refractivity contribution < 1.29 is 32.2 Å². The second-order valence-electron chi connectivity index (χ2n) is 15.8. The molecule has 3 saturated heterocycles. The van der Waals surface area contributed by atoms with Crippen molar-refractivity contribution >= 4 is 51.6 Å². The van der Waals surface area contributed by atoms with Crippen LogP contribution in [0, 0.1) is 29.8 Å². The average molecular weight is 809 g/mol. The third-order valence-electron chi connectivity index (χ3n) is 11.7. The number of hydrogen-bond acceptors (Lipinski definition) is 12. The fourth-order valence-electron chi connectivity index (χ4n) is 8.90. The van der Waals surface area contributed by atoms with Crippen molar-refractivity contribution in [3.8, 4) is 16.9 Å². The van der Waals surface area contributed by atoms with Crippen LogP contribution in [0.5, 0.6) is 0 Å². The molecular weight excluding hydrogens is 770 g/mol. The summed E-state index contributed by atoms with van der Waals surface area (Å²) in [5.41, 5.74) is 1.89. The number of ether oxygens (including phenoxy) is 2. The third kappa shape index (κ3) is 6.30. The first-order valence-corrected chi connectivity index (χ1v) is 19.5. The number of hydrogen-bond donors (Lipinski definition) is 1. The van der Waals surface area contributed by atoms with Gasteiger partial charge in [0, 0.05) is 75.1 Å². The molecule has 2 amide bonds. The molecule has 1 spiro atoms. The highest BCUT2D eigenvalue weighted by atomic mass is 19.1. The van der Waals surface area contributed by atoms with Gasteiger partial charge in [-0.05, 0) is 44.5 Å². The number of carbonyl (C=O) groups is 2. The topological polar surface area (TPSA) is 162 Å². The lowest BCUT2D eigenvalue weighted by molar-refractivity contribution is -0.133. The summed E-state index contributed by atoms with van der Waals surface area (Å²) in [5, 5.41) is 8.27. The SMILES string of the molecule is CCO[C@H]1CN(C)C(=O)[C@@H]2CC(CN2c2nc(N3CC4(COC4)CC3=O)nc3c2cnn3-c2ccc(F)cc2F)Nc2nccc(n2)-c2cc(F)cc3nc(C)n(c23)C1. The van der Waals surface area contributed by atoms with Gasteiger partial charge in [-0.2, -0.15) is 15.1 Å². The van der Waals surface area contributed by atoms with E-state index in [9.17, 15) is 14.0 Å². The van der Waals surface area contributed by atoms with Crippen LogP contribution in [0.3, 0.4) is 0 Å². The molecule has 0 aliphatic carbocycles. The van der Waals surface area contributed by atoms with Crippen molar-refractivity contribution in [2.45, 2.75) is 51.4 Å². The summed E-state index contributed by atoms with van der Waals surface area (Å²) in [4.78, 5) is 57.2. The summed E-state index contributed by atoms with van der Waals surface area (Å²) in [5.74, 6) is -1.25. The molecule has 59 heavy (non-hydrogen) atoms. The van der Waals surface area contributed by atoms with Gasteiger partial charge in [0.1, 0.15) is 35.0 Å². The molecule has 4 aliphatic rings. The number of amides is 2. The lowest BCUT2D eigenvalue weighted by Gasteiger charge is -2.36. The van der Waals surface area contributed by atoms with Crippen LogP contribution in [0.4, 0.5) is 30.9 Å². The molecule has 19 heteroatoms. The molecule has 3 fully saturated rings. The highest BCUT2D eigenvalue weighted by Gasteiger charge is 2.50. The van der Waals surface area contributed by atoms with E-state index < -0.39 is 35.6 Å². The van der Waals surface area contributed by atoms with E-state index in [1.54, 1.807) is 24.2 Å². The van der Waals surface area contributed by atoms with E-state index in [1.165, 1.54) is 34.0 Å². The Labute approximate surface area is 335 Å². The fourth-order valence-corrected chi connectivity index (χ4v) is 8.90. The Morgan fingerprint density at radius 2 is 1.85 bits per heavy atom. The van der Waals surface area contributed by atoms with Gasteiger partial charge in [-0.3, -0.25) is 14.5 Å². The summed E-state index contributed by atoms with van der Waals surface area (Å²) in [7, 11) is 1.72. The first kappa shape index (κ1) is 37.1. The number of aryl methyl sites for hydroxylation is 1. The smallest absolute Gasteiger partial charge is 0.245 e. The maximum absolute atomic E-state index is 15.4. The van der Waals surface area contributed by atoms with Crippen molar-refractivity contribution in [3.05, 3.63) is 72.1 Å². The van der Waals surface area contributed by atoms with Gasteiger partial charge in [-0.25, -0.2) is 32.8 Å². The minimum absolute atomic E-state index is 0.0593. The van der Waals surface area contributed by atoms with Crippen LogP contribution in [0.1, 0.15) is 25.6 Å². The summed E-state index contributed by atoms with van der Waals surface area (Å²) in [6, 6.07) is 6.46. The molecule has 4 bridgehead atoms. The number of nitrogens with one attached hydrogen (secondary N) is 1. The molecule has 0 saturated carbocycles. The number of rotatable bonds is 5. The second kappa shape index (κ2) is 14.0. The van der Waals surface area contributed by atoms with Gasteiger partial charge in [0.2, 0.25) is 23.7 Å². The molecule has 2 aromatic carbocycles. The highest BCUT2D eigenvalue weighted by molar-refractivity contribution is 5.98. The molecule has 6 aromatic rings. The van der Waals surface area contributed by atoms with E-state index >= 15 is 8.78 Å². The monoisotopic (exact) mass is 808 g/mol. The lowest BCUT2D eigenvalue weighted by atomic mass is 9.85. The second-order valence-corrected chi connectivity index (χ2v) is 15.8. The predicted octanol–water partition coefficient (Wildman–Crippen LogP) is 4.04. The van der Waals surface area contributed by atoms with Gasteiger partial charge in [0.05, 0.1) is 54.2 Å². The van der Waals surface area contributed by atoms with Crippen LogP contribution in [0.15, 0.2) is 48.8 Å². The molecule has 4 aliphatic heterocycles. The number of nitrogens with zero attached hydrogens (tertiary/aromatic N) is 11. The van der Waals surface area contributed by atoms with Crippen LogP contribution in [0.25, 0.3) is 39.0 Å². The number of aromatic nitrogens is 8. The van der Waals surface area contributed by atoms with Crippen LogP contribution < -0.4 is 15.1 Å². The molecule has 3 atom stereocenters. The number of imidazole rings is 1. The molecule has 1 unspecified atom stereocenters. The Morgan fingerprint density at radius 3 is 2.61 bits per heavy atom. The molecule has 16 nitrogen and oxygen atoms in total. The standard InChI is InChI=1S/C40H39F3N12O4/c1-4-59-25-16-51(3)37(57)32-12-24(47-38-44-8-7-29(48-38)26-9-23(42)11-30-34(26)52(17-25)21(2)46-30)15-53(32)35-27-14-45-55(31-6-5-22(41)10-28(31)43)36(27)50-39(49-35)54-18-40(13-33(54)56)19-58-20-40/h5-11,14,24-25,32H,4,12-13,15-20H2,1-3H3,(H,44,47,48)/t24?,25-,32-/m0/s1. The minimum atomic E-state index is -0.865. The van der Waals surface area contributed by atoms with Gasteiger partial charge in [-0.15, -0.1) is 0 Å². The van der Waals surface area contributed by atoms with Crippen LogP contribution >= 0.6 is 0 Å². The van der Waals surface area contributed by atoms with Crippen molar-refractivity contribution in [2.75, 3.05) is 61.6 Å². The normalized spacial score (nSPS) is 21.7. The lowest BCUT2D eigenvalue weighted by Crippen LogP contribution is -2.47. The zero-order valence-electron chi connectivity index (χ0n) is 32.4. The van der Waals surface area contributed by atoms with E-state index in [1.807, 2.05) is 23.3 Å². The maximum Gasteiger partial charge on any atom is 0.245 e. The molecule has 1 N–H and O–H groups in total. The van der Waals surface area contributed by atoms with Crippen molar-refractivity contribution in [2.24, 2.45) is 5.41 Å². The molecular formula is C40H39F3N12O4. The Balaban J connectivity index is 1.11. The summed E-state index contributed by atoms with van der Waals surface area (Å²) >= 11 is 0. The average Bonchev–Trinajstić information content (AvgIpc) is 3.97. The van der Waals surface area contributed by atoms with Gasteiger partial charge >= 0.3 is 0 Å². The molecule has 4 aromatic heterocycles. The van der Waals surface area contributed by atoms with Gasteiger partial charge < -0.3 is 29.2 Å². The highest BCUT2D eigenvalue weighted by Crippen LogP contribution is 2.41. The number of carbonyl (C=O) groups excluding carboxylic acids is 2. The number of anilines is 3. The summed E-state index contributed by atoms with van der Waals surface area (Å²) in [6.07, 6.45) is 3.12. The Morgan fingerprint density at radius 1 is 1.00 bits per heavy atom. The largest absolute Gasteiger partial charge is 0.380 e. The zero-order chi connectivity index (χ0) is 40.7. The van der Waals surface area contributed by atoms with Crippen LogP contribution in [-0.4, -0.2) is 121 Å². The first-order valence-electron chi connectivity index (χ1n) is 19.5. The minimum Gasteiger partial charge on any atom is -0.380 e. The van der Waals surface area contributed by atoms with E-state index in [0.29, 0.717) is 72.2 Å². The molecule has 0 radical (unpaired) electrons. The van der Waals surface area contributed by atoms with Crippen molar-refractivity contribution in [3.63, 3.8) is 0 Å². The summed E-state index contributed by atoms with van der Waals surface area (Å²) < 4.78 is 59.5. The van der Waals surface area contributed by atoms with Crippen molar-refractivity contribution in [1.29, 1.82) is 0 Å². The van der Waals surface area contributed by atoms with Crippen LogP contribution in [0.2, 0.25) is 0 Å². The quantitative estimate of drug-likeness (QED) is 0.267. The van der Waals surface area contributed by atoms with Crippen molar-refractivity contribution in [1.82, 2.24) is 44.2 Å². The van der Waals surface area contributed by atoms with E-state index in [-0.39, 0.29) is 66.4 Å². The summed E-state index contributed by atoms with van der Waals surface area (Å²) in [6.45, 7) is 5.99. The predicted molar refractivity (Wildman–Crippen MR) is 208 cm³/mol. The molecule has 304 valence electrons. The number of likely N-dealkylation sites (N-methyl/N-ethyl adjacent to an activating group) is 1. The van der Waals surface area contributed by atoms with E-state index in [0.717, 1.165) is 12.1 Å². The van der Waals surface area contributed by atoms with Gasteiger partial charge in [0.15, 0.2) is 11.5 Å². The third-order valence-corrected chi connectivity index (χ3v) is 11.7. The number of halogens is 3. The maximum atomic E-state index is 15.4. The van der Waals surface area contributed by atoms with Gasteiger partial charge in [0.25, 0.3) is 0 Å². The molecule has 8 heterocycles. The Hall–Kier alpha value is -6.21. The zero-order valence-corrected chi connectivity index (χ0v) is 32.4. The van der Waals surface area contributed by atoms with E-state index in [2.05, 4.69) is 20.4 Å². The van der Waals surface area contributed by atoms with E-state index in [4.69, 9.17) is 24.4 Å². The Kier molecular flexibility index (Phi) is 8.78. The Bertz CT molecular complexity index is 2680. The molecule has 10 rings (SSSR count). The van der Waals surface area contributed by atoms with Crippen LogP contribution in [-0.2, 0) is 25.6 Å². The number of benzene rings is 2.